The zero-order valence-corrected chi connectivity index (χ0v) is 17.2. The highest BCUT2D eigenvalue weighted by molar-refractivity contribution is 6.42. The third-order valence-corrected chi connectivity index (χ3v) is 4.41. The van der Waals surface area contributed by atoms with Gasteiger partial charge in [0, 0.05) is 24.6 Å². The van der Waals surface area contributed by atoms with Gasteiger partial charge in [-0.3, -0.25) is 4.79 Å². The summed E-state index contributed by atoms with van der Waals surface area (Å²) in [5.74, 6) is -0.534. The summed E-state index contributed by atoms with van der Waals surface area (Å²) in [6, 6.07) is 4.75. The van der Waals surface area contributed by atoms with E-state index < -0.39 is 17.6 Å². The van der Waals surface area contributed by atoms with Gasteiger partial charge < -0.3 is 14.7 Å². The van der Waals surface area contributed by atoms with Gasteiger partial charge in [-0.15, -0.1) is 0 Å². The molecule has 0 fully saturated rings. The molecule has 26 heavy (non-hydrogen) atoms. The first-order valence-electron chi connectivity index (χ1n) is 8.67. The molecule has 1 rings (SSSR count). The number of carbonyl (C=O) groups excluding carboxylic acids is 2. The Morgan fingerprint density at radius 2 is 1.88 bits per heavy atom. The van der Waals surface area contributed by atoms with Crippen LogP contribution in [0.3, 0.4) is 0 Å². The topological polar surface area (TPSA) is 66.8 Å². The van der Waals surface area contributed by atoms with E-state index >= 15 is 0 Å². The summed E-state index contributed by atoms with van der Waals surface area (Å²) in [6.07, 6.45) is 0.831. The standard InChI is InChI=1S/C19H27Cl2NO4/c1-5-6-14(17(24)13-7-8-15(20)16(21)11-13)12-22(9-10-23)18(25)26-19(2,3)4/h7-8,11,14,23H,5-6,9-10,12H2,1-4H3/t14-/m0/s1. The van der Waals surface area contributed by atoms with E-state index in [0.717, 1.165) is 6.42 Å². The van der Waals surface area contributed by atoms with E-state index in [2.05, 4.69) is 0 Å². The van der Waals surface area contributed by atoms with Crippen LogP contribution in [0.1, 0.15) is 50.9 Å². The van der Waals surface area contributed by atoms with Crippen molar-refractivity contribution in [1.29, 1.82) is 0 Å². The molecule has 1 atom stereocenters. The highest BCUT2D eigenvalue weighted by Gasteiger charge is 2.28. The van der Waals surface area contributed by atoms with Crippen LogP contribution in [0, 0.1) is 5.92 Å². The van der Waals surface area contributed by atoms with E-state index in [4.69, 9.17) is 27.9 Å². The van der Waals surface area contributed by atoms with Crippen molar-refractivity contribution in [2.24, 2.45) is 5.92 Å². The lowest BCUT2D eigenvalue weighted by molar-refractivity contribution is 0.0188. The smallest absolute Gasteiger partial charge is 0.410 e. The Balaban J connectivity index is 2.99. The Morgan fingerprint density at radius 1 is 1.23 bits per heavy atom. The molecule has 0 bridgehead atoms. The molecule has 0 aliphatic carbocycles. The lowest BCUT2D eigenvalue weighted by Crippen LogP contribution is -2.42. The lowest BCUT2D eigenvalue weighted by Gasteiger charge is -2.29. The van der Waals surface area contributed by atoms with E-state index in [1.165, 1.54) is 4.90 Å². The van der Waals surface area contributed by atoms with Gasteiger partial charge in [0.05, 0.1) is 16.7 Å². The predicted molar refractivity (Wildman–Crippen MR) is 104 cm³/mol. The Labute approximate surface area is 165 Å². The number of Topliss-reactive ketones (excluding diaryl/α,β-unsaturated/α-hetero) is 1. The van der Waals surface area contributed by atoms with Gasteiger partial charge in [-0.1, -0.05) is 36.5 Å². The fourth-order valence-corrected chi connectivity index (χ4v) is 2.81. The fourth-order valence-electron chi connectivity index (χ4n) is 2.51. The van der Waals surface area contributed by atoms with Crippen LogP contribution in [0.4, 0.5) is 4.79 Å². The number of amides is 1. The number of nitrogens with zero attached hydrogens (tertiary/aromatic N) is 1. The molecule has 5 nitrogen and oxygen atoms in total. The molecule has 1 amide bonds. The quantitative estimate of drug-likeness (QED) is 0.631. The summed E-state index contributed by atoms with van der Waals surface area (Å²) >= 11 is 11.9. The van der Waals surface area contributed by atoms with Crippen molar-refractivity contribution in [1.82, 2.24) is 4.90 Å². The van der Waals surface area contributed by atoms with Crippen LogP contribution in [-0.4, -0.2) is 47.2 Å². The van der Waals surface area contributed by atoms with E-state index in [1.807, 2.05) is 6.92 Å². The summed E-state index contributed by atoms with van der Waals surface area (Å²) in [4.78, 5) is 26.7. The van der Waals surface area contributed by atoms with Crippen molar-refractivity contribution < 1.29 is 19.4 Å². The second-order valence-electron chi connectivity index (χ2n) is 7.13. The highest BCUT2D eigenvalue weighted by atomic mass is 35.5. The van der Waals surface area contributed by atoms with Crippen LogP contribution in [-0.2, 0) is 4.74 Å². The normalized spacial score (nSPS) is 12.6. The molecule has 1 N–H and O–H groups in total. The molecule has 0 aromatic heterocycles. The number of ether oxygens (including phenoxy) is 1. The number of ketones is 1. The third kappa shape index (κ3) is 7.14. The predicted octanol–water partition coefficient (Wildman–Crippen LogP) is 4.82. The number of aliphatic hydroxyl groups is 1. The number of aliphatic hydroxyl groups excluding tert-OH is 1. The molecule has 0 unspecified atom stereocenters. The summed E-state index contributed by atoms with van der Waals surface area (Å²) < 4.78 is 5.38. The molecule has 0 saturated carbocycles. The average Bonchev–Trinajstić information content (AvgIpc) is 2.54. The minimum atomic E-state index is -0.654. The Morgan fingerprint density at radius 3 is 2.38 bits per heavy atom. The first-order chi connectivity index (χ1) is 12.1. The molecule has 0 heterocycles. The van der Waals surface area contributed by atoms with Gasteiger partial charge in [0.2, 0.25) is 0 Å². The molecule has 0 aliphatic heterocycles. The monoisotopic (exact) mass is 403 g/mol. The van der Waals surface area contributed by atoms with E-state index in [1.54, 1.807) is 39.0 Å². The largest absolute Gasteiger partial charge is 0.444 e. The van der Waals surface area contributed by atoms with E-state index in [-0.39, 0.29) is 25.5 Å². The minimum Gasteiger partial charge on any atom is -0.444 e. The number of halogens is 2. The van der Waals surface area contributed by atoms with Crippen LogP contribution in [0.5, 0.6) is 0 Å². The second-order valence-corrected chi connectivity index (χ2v) is 7.94. The van der Waals surface area contributed by atoms with Crippen LogP contribution in [0.15, 0.2) is 18.2 Å². The maximum Gasteiger partial charge on any atom is 0.410 e. The van der Waals surface area contributed by atoms with Crippen molar-refractivity contribution >= 4 is 35.1 Å². The SMILES string of the molecule is CCC[C@@H](CN(CCO)C(=O)OC(C)(C)C)C(=O)c1ccc(Cl)c(Cl)c1. The summed E-state index contributed by atoms with van der Waals surface area (Å²) in [6.45, 7) is 7.34. The lowest BCUT2D eigenvalue weighted by atomic mass is 9.93. The third-order valence-electron chi connectivity index (χ3n) is 3.67. The summed E-state index contributed by atoms with van der Waals surface area (Å²) in [5.41, 5.74) is -0.204. The molecule has 0 aliphatic rings. The van der Waals surface area contributed by atoms with Gasteiger partial charge in [0.25, 0.3) is 0 Å². The van der Waals surface area contributed by atoms with Gasteiger partial charge in [0.15, 0.2) is 5.78 Å². The number of carbonyl (C=O) groups is 2. The maximum absolute atomic E-state index is 12.9. The number of hydrogen-bond acceptors (Lipinski definition) is 4. The molecule has 0 radical (unpaired) electrons. The Bertz CT molecular complexity index is 628. The van der Waals surface area contributed by atoms with Gasteiger partial charge in [-0.2, -0.15) is 0 Å². The van der Waals surface area contributed by atoms with Crippen molar-refractivity contribution in [2.45, 2.75) is 46.1 Å². The number of benzene rings is 1. The molecule has 7 heteroatoms. The molecular formula is C19H27Cl2NO4. The van der Waals surface area contributed by atoms with Gasteiger partial charge >= 0.3 is 6.09 Å². The van der Waals surface area contributed by atoms with Crippen LogP contribution >= 0.6 is 23.2 Å². The van der Waals surface area contributed by atoms with Crippen molar-refractivity contribution in [3.05, 3.63) is 33.8 Å². The Kier molecular flexibility index (Phi) is 8.87. The zero-order valence-electron chi connectivity index (χ0n) is 15.7. The van der Waals surface area contributed by atoms with Crippen molar-refractivity contribution in [3.63, 3.8) is 0 Å². The Hall–Kier alpha value is -1.30. The maximum atomic E-state index is 12.9. The summed E-state index contributed by atoms with van der Waals surface area (Å²) in [7, 11) is 0. The summed E-state index contributed by atoms with van der Waals surface area (Å²) in [5, 5.41) is 9.98. The fraction of sp³-hybridized carbons (Fsp3) is 0.579. The van der Waals surface area contributed by atoms with Crippen LogP contribution in [0.25, 0.3) is 0 Å². The molecule has 146 valence electrons. The molecule has 1 aromatic rings. The average molecular weight is 404 g/mol. The molecule has 1 aromatic carbocycles. The van der Waals surface area contributed by atoms with Gasteiger partial charge in [-0.25, -0.2) is 4.79 Å². The van der Waals surface area contributed by atoms with Crippen LogP contribution in [0.2, 0.25) is 10.0 Å². The number of rotatable bonds is 8. The number of hydrogen-bond donors (Lipinski definition) is 1. The molecule has 0 spiro atoms. The molecular weight excluding hydrogens is 377 g/mol. The molecule has 0 saturated heterocycles. The first kappa shape index (κ1) is 22.7. The first-order valence-corrected chi connectivity index (χ1v) is 9.42. The van der Waals surface area contributed by atoms with E-state index in [9.17, 15) is 14.7 Å². The highest BCUT2D eigenvalue weighted by Crippen LogP contribution is 2.25. The van der Waals surface area contributed by atoms with Crippen molar-refractivity contribution in [3.8, 4) is 0 Å². The zero-order chi connectivity index (χ0) is 19.9. The van der Waals surface area contributed by atoms with Gasteiger partial charge in [-0.05, 0) is 45.4 Å². The minimum absolute atomic E-state index is 0.101. The van der Waals surface area contributed by atoms with Crippen molar-refractivity contribution in [2.75, 3.05) is 19.7 Å². The van der Waals surface area contributed by atoms with Gasteiger partial charge in [0.1, 0.15) is 5.60 Å². The van der Waals surface area contributed by atoms with E-state index in [0.29, 0.717) is 22.0 Å². The second kappa shape index (κ2) is 10.1. The van der Waals surface area contributed by atoms with Crippen LogP contribution < -0.4 is 0 Å².